The van der Waals surface area contributed by atoms with Crippen LogP contribution in [0.5, 0.6) is 0 Å². The Morgan fingerprint density at radius 2 is 1.61 bits per heavy atom. The summed E-state index contributed by atoms with van der Waals surface area (Å²) in [4.78, 5) is 51.4. The molecule has 4 rings (SSSR count). The number of imide groups is 1. The molecule has 0 aliphatic carbocycles. The minimum Gasteiger partial charge on any atom is -0.462 e. The lowest BCUT2D eigenvalue weighted by Crippen LogP contribution is -2.32. The molecule has 194 valence electrons. The fourth-order valence-electron chi connectivity index (χ4n) is 3.56. The molecule has 1 aliphatic heterocycles. The van der Waals surface area contributed by atoms with Crippen LogP contribution in [0, 0.1) is 5.82 Å². The molecule has 2 N–H and O–H groups in total. The lowest BCUT2D eigenvalue weighted by molar-refractivity contribution is -0.120. The maximum Gasteiger partial charge on any atom is 0.338 e. The average molecular weight is 556 g/mol. The second kappa shape index (κ2) is 11.5. The molecule has 1 heterocycles. The molecule has 0 radical (unpaired) electrons. The Hall–Kier alpha value is -4.21. The van der Waals surface area contributed by atoms with Crippen LogP contribution in [-0.4, -0.2) is 30.3 Å². The predicted molar refractivity (Wildman–Crippen MR) is 142 cm³/mol. The molecule has 0 saturated heterocycles. The van der Waals surface area contributed by atoms with Gasteiger partial charge in [0.1, 0.15) is 16.5 Å². The summed E-state index contributed by atoms with van der Waals surface area (Å²) in [6.07, 6.45) is 0.688. The van der Waals surface area contributed by atoms with Crippen LogP contribution in [-0.2, 0) is 14.3 Å². The van der Waals surface area contributed by atoms with Crippen molar-refractivity contribution in [1.29, 1.82) is 0 Å². The van der Waals surface area contributed by atoms with Gasteiger partial charge in [-0.3, -0.25) is 14.4 Å². The van der Waals surface area contributed by atoms with E-state index in [0.717, 1.165) is 17.0 Å². The van der Waals surface area contributed by atoms with Gasteiger partial charge in [0.05, 0.1) is 22.9 Å². The zero-order valence-electron chi connectivity index (χ0n) is 19.9. The van der Waals surface area contributed by atoms with E-state index in [4.69, 9.17) is 27.9 Å². The number of carbonyl (C=O) groups excluding carboxylic acids is 4. The van der Waals surface area contributed by atoms with Crippen molar-refractivity contribution in [1.82, 2.24) is 0 Å². The van der Waals surface area contributed by atoms with Crippen molar-refractivity contribution in [3.63, 3.8) is 0 Å². The molecule has 0 fully saturated rings. The van der Waals surface area contributed by atoms with Gasteiger partial charge in [0.25, 0.3) is 17.7 Å². The highest BCUT2D eigenvalue weighted by Gasteiger charge is 2.39. The van der Waals surface area contributed by atoms with Gasteiger partial charge in [-0.05, 0) is 61.0 Å². The minimum absolute atomic E-state index is 0.0512. The molecule has 0 unspecified atom stereocenters. The molecule has 11 heteroatoms. The summed E-state index contributed by atoms with van der Waals surface area (Å²) in [6.45, 7) is 2.18. The van der Waals surface area contributed by atoms with Crippen LogP contribution in [0.4, 0.5) is 21.5 Å². The van der Waals surface area contributed by atoms with Crippen LogP contribution in [0.2, 0.25) is 5.02 Å². The van der Waals surface area contributed by atoms with E-state index in [1.165, 1.54) is 18.2 Å². The first-order valence-corrected chi connectivity index (χ1v) is 12.1. The molecule has 3 aromatic rings. The summed E-state index contributed by atoms with van der Waals surface area (Å²) < 4.78 is 18.7. The van der Waals surface area contributed by atoms with E-state index in [0.29, 0.717) is 30.0 Å². The van der Waals surface area contributed by atoms with Crippen molar-refractivity contribution in [2.24, 2.45) is 0 Å². The van der Waals surface area contributed by atoms with Crippen molar-refractivity contribution in [2.45, 2.75) is 13.3 Å². The zero-order chi connectivity index (χ0) is 27.4. The number of hydrogen-bond donors (Lipinski definition) is 2. The van der Waals surface area contributed by atoms with Gasteiger partial charge in [-0.25, -0.2) is 14.1 Å². The van der Waals surface area contributed by atoms with Gasteiger partial charge in [0, 0.05) is 16.9 Å². The Bertz CT molecular complexity index is 1490. The number of anilines is 3. The third kappa shape index (κ3) is 5.69. The summed E-state index contributed by atoms with van der Waals surface area (Å²) in [5.41, 5.74) is 1.05. The molecule has 0 bridgehead atoms. The van der Waals surface area contributed by atoms with Gasteiger partial charge in [-0.15, -0.1) is 0 Å². The van der Waals surface area contributed by atoms with E-state index in [1.54, 1.807) is 36.4 Å². The highest BCUT2D eigenvalue weighted by atomic mass is 35.5. The van der Waals surface area contributed by atoms with Crippen LogP contribution in [0.1, 0.15) is 34.1 Å². The second-order valence-corrected chi connectivity index (χ2v) is 8.89. The fourth-order valence-corrected chi connectivity index (χ4v) is 3.95. The second-order valence-electron chi connectivity index (χ2n) is 8.11. The molecule has 3 aromatic carbocycles. The Labute approximate surface area is 227 Å². The summed E-state index contributed by atoms with van der Waals surface area (Å²) in [6, 6.07) is 15.9. The van der Waals surface area contributed by atoms with E-state index in [9.17, 15) is 23.6 Å². The van der Waals surface area contributed by atoms with Crippen LogP contribution in [0.15, 0.2) is 77.5 Å². The first-order chi connectivity index (χ1) is 18.2. The number of nitrogens with one attached hydrogen (secondary N) is 2. The first-order valence-electron chi connectivity index (χ1n) is 11.4. The lowest BCUT2D eigenvalue weighted by Gasteiger charge is -2.15. The molecule has 38 heavy (non-hydrogen) atoms. The SMILES string of the molecule is CCCOC(=O)c1cccc(NC(=O)c2cccc(NC3=C(Cl)C(=O)N(c4ccc(F)c(Cl)c4)C3=O)c2)c1. The molecule has 8 nitrogen and oxygen atoms in total. The summed E-state index contributed by atoms with van der Waals surface area (Å²) in [5.74, 6) is -3.27. The fraction of sp³-hybridized carbons (Fsp3) is 0.111. The van der Waals surface area contributed by atoms with Crippen molar-refractivity contribution < 1.29 is 28.3 Å². The molecule has 3 amide bonds. The summed E-state index contributed by atoms with van der Waals surface area (Å²) in [5, 5.41) is 4.86. The summed E-state index contributed by atoms with van der Waals surface area (Å²) >= 11 is 11.9. The van der Waals surface area contributed by atoms with Crippen LogP contribution >= 0.6 is 23.2 Å². The number of esters is 1. The van der Waals surface area contributed by atoms with Gasteiger partial charge in [-0.2, -0.15) is 0 Å². The standard InChI is InChI=1S/C27H20Cl2FN3O5/c1-2-11-38-27(37)16-6-4-8-18(13-16)32-24(34)15-5-3-7-17(12-15)31-23-22(29)25(35)33(26(23)36)19-9-10-21(30)20(28)14-19/h3-10,12-14,31H,2,11H2,1H3,(H,32,34). The number of ether oxygens (including phenoxy) is 1. The van der Waals surface area contributed by atoms with E-state index in [1.807, 2.05) is 6.92 Å². The highest BCUT2D eigenvalue weighted by Crippen LogP contribution is 2.32. The van der Waals surface area contributed by atoms with Crippen LogP contribution < -0.4 is 15.5 Å². The predicted octanol–water partition coefficient (Wildman–Crippen LogP) is 5.73. The van der Waals surface area contributed by atoms with Crippen molar-refractivity contribution in [3.8, 4) is 0 Å². The van der Waals surface area contributed by atoms with Crippen LogP contribution in [0.25, 0.3) is 0 Å². The number of rotatable bonds is 8. The Balaban J connectivity index is 1.49. The number of hydrogen-bond acceptors (Lipinski definition) is 6. The number of benzene rings is 3. The maximum atomic E-state index is 13.5. The normalized spacial score (nSPS) is 13.1. The third-order valence-corrected chi connectivity index (χ3v) is 6.02. The average Bonchev–Trinajstić information content (AvgIpc) is 3.12. The van der Waals surface area contributed by atoms with Gasteiger partial charge < -0.3 is 15.4 Å². The Kier molecular flexibility index (Phi) is 8.09. The monoisotopic (exact) mass is 555 g/mol. The molecule has 1 aliphatic rings. The summed E-state index contributed by atoms with van der Waals surface area (Å²) in [7, 11) is 0. The number of halogens is 3. The van der Waals surface area contributed by atoms with E-state index >= 15 is 0 Å². The van der Waals surface area contributed by atoms with E-state index < -0.39 is 29.5 Å². The Morgan fingerprint density at radius 1 is 0.921 bits per heavy atom. The van der Waals surface area contributed by atoms with Crippen molar-refractivity contribution in [3.05, 3.63) is 99.4 Å². The van der Waals surface area contributed by atoms with Gasteiger partial charge in [0.2, 0.25) is 0 Å². The number of nitrogens with zero attached hydrogens (tertiary/aromatic N) is 1. The van der Waals surface area contributed by atoms with Gasteiger partial charge >= 0.3 is 5.97 Å². The molecular formula is C27H20Cl2FN3O5. The number of amides is 3. The molecule has 0 aromatic heterocycles. The lowest BCUT2D eigenvalue weighted by atomic mass is 10.1. The Morgan fingerprint density at radius 3 is 2.32 bits per heavy atom. The topological polar surface area (TPSA) is 105 Å². The molecular weight excluding hydrogens is 536 g/mol. The maximum absolute atomic E-state index is 13.5. The van der Waals surface area contributed by atoms with E-state index in [2.05, 4.69) is 10.6 Å². The molecule has 0 atom stereocenters. The third-order valence-electron chi connectivity index (χ3n) is 5.38. The van der Waals surface area contributed by atoms with Gasteiger partial charge in [-0.1, -0.05) is 42.3 Å². The van der Waals surface area contributed by atoms with E-state index in [-0.39, 0.29) is 27.0 Å². The minimum atomic E-state index is -0.812. The molecule has 0 spiro atoms. The molecule has 0 saturated carbocycles. The quantitative estimate of drug-likeness (QED) is 0.271. The van der Waals surface area contributed by atoms with Crippen molar-refractivity contribution >= 4 is 64.0 Å². The zero-order valence-corrected chi connectivity index (χ0v) is 21.4. The highest BCUT2D eigenvalue weighted by molar-refractivity contribution is 6.53. The largest absolute Gasteiger partial charge is 0.462 e. The number of carbonyl (C=O) groups is 4. The smallest absolute Gasteiger partial charge is 0.338 e. The van der Waals surface area contributed by atoms with Crippen LogP contribution in [0.3, 0.4) is 0 Å². The first kappa shape index (κ1) is 26.8. The van der Waals surface area contributed by atoms with Crippen molar-refractivity contribution in [2.75, 3.05) is 22.1 Å². The van der Waals surface area contributed by atoms with Gasteiger partial charge in [0.15, 0.2) is 0 Å².